The minimum Gasteiger partial charge on any atom is -0.292 e. The molecule has 3 rings (SSSR count). The van der Waals surface area contributed by atoms with Crippen LogP contribution in [0, 0.1) is 0 Å². The molecular formula is C12H8F3NO2. The molecule has 1 aromatic carbocycles. The lowest BCUT2D eigenvalue weighted by atomic mass is 9.85. The highest BCUT2D eigenvalue weighted by atomic mass is 19.4. The Hall–Kier alpha value is -1.85. The highest BCUT2D eigenvalue weighted by Crippen LogP contribution is 2.52. The van der Waals surface area contributed by atoms with Gasteiger partial charge in [-0.1, -0.05) is 0 Å². The van der Waals surface area contributed by atoms with E-state index in [1.165, 1.54) is 0 Å². The zero-order valence-electron chi connectivity index (χ0n) is 9.10. The van der Waals surface area contributed by atoms with Crippen molar-refractivity contribution in [3.8, 4) is 0 Å². The van der Waals surface area contributed by atoms with Crippen LogP contribution in [0.1, 0.15) is 34.3 Å². The molecular weight excluding hydrogens is 247 g/mol. The standard InChI is InChI=1S/C12H8F3NO2/c13-12(14,15)6-1-2-7-8(5-6)11(3-4-11)10(18)16-9(7)17/h1-2,5H,3-4H2,(H,16,17,18). The van der Waals surface area contributed by atoms with E-state index < -0.39 is 29.0 Å². The lowest BCUT2D eigenvalue weighted by molar-refractivity contribution is -0.137. The Balaban J connectivity index is 2.20. The summed E-state index contributed by atoms with van der Waals surface area (Å²) in [7, 11) is 0. The number of halogens is 3. The summed E-state index contributed by atoms with van der Waals surface area (Å²) in [5, 5.41) is 2.19. The fourth-order valence-corrected chi connectivity index (χ4v) is 2.35. The van der Waals surface area contributed by atoms with Gasteiger partial charge in [-0.2, -0.15) is 13.2 Å². The van der Waals surface area contributed by atoms with Gasteiger partial charge >= 0.3 is 6.18 Å². The summed E-state index contributed by atoms with van der Waals surface area (Å²) in [4.78, 5) is 23.3. The van der Waals surface area contributed by atoms with Gasteiger partial charge in [-0.15, -0.1) is 0 Å². The van der Waals surface area contributed by atoms with Gasteiger partial charge in [0.1, 0.15) is 0 Å². The molecule has 1 spiro atoms. The molecule has 2 aliphatic rings. The number of benzene rings is 1. The highest BCUT2D eigenvalue weighted by Gasteiger charge is 2.56. The Morgan fingerprint density at radius 1 is 1.17 bits per heavy atom. The zero-order chi connectivity index (χ0) is 13.1. The van der Waals surface area contributed by atoms with Crippen LogP contribution in [0.4, 0.5) is 13.2 Å². The number of amides is 2. The summed E-state index contributed by atoms with van der Waals surface area (Å²) in [5.74, 6) is -1.11. The van der Waals surface area contributed by atoms with Gasteiger partial charge in [-0.25, -0.2) is 0 Å². The molecule has 0 unspecified atom stereocenters. The van der Waals surface area contributed by atoms with E-state index in [9.17, 15) is 22.8 Å². The molecule has 3 nitrogen and oxygen atoms in total. The zero-order valence-corrected chi connectivity index (χ0v) is 9.10. The summed E-state index contributed by atoms with van der Waals surface area (Å²) in [6, 6.07) is 2.93. The van der Waals surface area contributed by atoms with Crippen LogP contribution >= 0.6 is 0 Å². The number of fused-ring (bicyclic) bond motifs is 2. The van der Waals surface area contributed by atoms with Gasteiger partial charge in [0.05, 0.1) is 11.0 Å². The van der Waals surface area contributed by atoms with E-state index in [-0.39, 0.29) is 11.1 Å². The SMILES string of the molecule is O=C1NC(=O)C2(CC2)c2cc(C(F)(F)F)ccc21. The van der Waals surface area contributed by atoms with Crippen molar-refractivity contribution in [3.05, 3.63) is 34.9 Å². The minimum absolute atomic E-state index is 0.167. The number of imide groups is 1. The van der Waals surface area contributed by atoms with E-state index in [4.69, 9.17) is 0 Å². The molecule has 0 bridgehead atoms. The topological polar surface area (TPSA) is 46.2 Å². The maximum atomic E-state index is 12.6. The van der Waals surface area contributed by atoms with Crippen LogP contribution in [0.2, 0.25) is 0 Å². The summed E-state index contributed by atoms with van der Waals surface area (Å²) in [6.45, 7) is 0. The largest absolute Gasteiger partial charge is 0.416 e. The van der Waals surface area contributed by atoms with Crippen molar-refractivity contribution in [1.29, 1.82) is 0 Å². The number of carbonyl (C=O) groups excluding carboxylic acids is 2. The van der Waals surface area contributed by atoms with E-state index in [0.717, 1.165) is 18.2 Å². The third-order valence-corrected chi connectivity index (χ3v) is 3.52. The van der Waals surface area contributed by atoms with Crippen LogP contribution in [0.3, 0.4) is 0 Å². The molecule has 94 valence electrons. The first kappa shape index (κ1) is 11.3. The first-order valence-corrected chi connectivity index (χ1v) is 5.42. The van der Waals surface area contributed by atoms with E-state index >= 15 is 0 Å². The molecule has 0 atom stereocenters. The number of nitrogens with one attached hydrogen (secondary N) is 1. The number of alkyl halides is 3. The normalized spacial score (nSPS) is 20.6. The molecule has 18 heavy (non-hydrogen) atoms. The average molecular weight is 255 g/mol. The van der Waals surface area contributed by atoms with E-state index in [0.29, 0.717) is 12.8 Å². The van der Waals surface area contributed by atoms with E-state index in [1.54, 1.807) is 0 Å². The van der Waals surface area contributed by atoms with Gasteiger partial charge in [0.25, 0.3) is 5.91 Å². The van der Waals surface area contributed by atoms with E-state index in [1.807, 2.05) is 0 Å². The molecule has 1 fully saturated rings. The van der Waals surface area contributed by atoms with Crippen molar-refractivity contribution < 1.29 is 22.8 Å². The summed E-state index contributed by atoms with van der Waals surface area (Å²) in [6.07, 6.45) is -3.50. The third kappa shape index (κ3) is 1.38. The van der Waals surface area contributed by atoms with Gasteiger partial charge in [0.2, 0.25) is 5.91 Å². The first-order valence-electron chi connectivity index (χ1n) is 5.42. The van der Waals surface area contributed by atoms with Gasteiger partial charge in [-0.05, 0) is 36.6 Å². The minimum atomic E-state index is -4.47. The van der Waals surface area contributed by atoms with Gasteiger partial charge < -0.3 is 0 Å². The lowest BCUT2D eigenvalue weighted by Gasteiger charge is -2.24. The smallest absolute Gasteiger partial charge is 0.292 e. The van der Waals surface area contributed by atoms with E-state index in [2.05, 4.69) is 5.32 Å². The van der Waals surface area contributed by atoms with Crippen molar-refractivity contribution in [2.24, 2.45) is 0 Å². The van der Waals surface area contributed by atoms with Crippen molar-refractivity contribution in [1.82, 2.24) is 5.32 Å². The Bertz CT molecular complexity index is 573. The maximum absolute atomic E-state index is 12.6. The van der Waals surface area contributed by atoms with Crippen LogP contribution in [0.5, 0.6) is 0 Å². The second-order valence-corrected chi connectivity index (χ2v) is 4.62. The van der Waals surface area contributed by atoms with Crippen LogP contribution in [0.25, 0.3) is 0 Å². The Kier molecular flexibility index (Phi) is 1.95. The lowest BCUT2D eigenvalue weighted by Crippen LogP contribution is -2.45. The van der Waals surface area contributed by atoms with Crippen LogP contribution < -0.4 is 5.32 Å². The van der Waals surface area contributed by atoms with Crippen LogP contribution in [-0.2, 0) is 16.4 Å². The molecule has 0 radical (unpaired) electrons. The molecule has 6 heteroatoms. The predicted octanol–water partition coefficient (Wildman–Crippen LogP) is 2.01. The highest BCUT2D eigenvalue weighted by molar-refractivity contribution is 6.14. The summed E-state index contributed by atoms with van der Waals surface area (Å²) >= 11 is 0. The number of hydrogen-bond donors (Lipinski definition) is 1. The molecule has 1 aliphatic carbocycles. The summed E-state index contributed by atoms with van der Waals surface area (Å²) < 4.78 is 37.9. The molecule has 1 aromatic rings. The number of hydrogen-bond acceptors (Lipinski definition) is 2. The first-order chi connectivity index (χ1) is 8.34. The molecule has 1 N–H and O–H groups in total. The van der Waals surface area contributed by atoms with Gasteiger partial charge in [0, 0.05) is 5.56 Å². The molecule has 0 aromatic heterocycles. The van der Waals surface area contributed by atoms with Crippen molar-refractivity contribution >= 4 is 11.8 Å². The van der Waals surface area contributed by atoms with Crippen LogP contribution in [-0.4, -0.2) is 11.8 Å². The predicted molar refractivity (Wildman–Crippen MR) is 54.8 cm³/mol. The Labute approximate surface area is 100.0 Å². The number of carbonyl (C=O) groups is 2. The fraction of sp³-hybridized carbons (Fsp3) is 0.333. The molecule has 1 aliphatic heterocycles. The van der Waals surface area contributed by atoms with Crippen molar-refractivity contribution in [2.45, 2.75) is 24.4 Å². The molecule has 1 heterocycles. The second-order valence-electron chi connectivity index (χ2n) is 4.62. The second kappa shape index (κ2) is 3.13. The third-order valence-electron chi connectivity index (χ3n) is 3.52. The average Bonchev–Trinajstić information content (AvgIpc) is 3.06. The van der Waals surface area contributed by atoms with Crippen molar-refractivity contribution in [2.75, 3.05) is 0 Å². The number of rotatable bonds is 0. The maximum Gasteiger partial charge on any atom is 0.416 e. The summed E-state index contributed by atoms with van der Waals surface area (Å²) in [5.41, 5.74) is -1.36. The Morgan fingerprint density at radius 2 is 1.83 bits per heavy atom. The molecule has 0 saturated heterocycles. The van der Waals surface area contributed by atoms with Crippen LogP contribution in [0.15, 0.2) is 18.2 Å². The quantitative estimate of drug-likeness (QED) is 0.721. The molecule has 2 amide bonds. The van der Waals surface area contributed by atoms with Gasteiger partial charge in [-0.3, -0.25) is 14.9 Å². The van der Waals surface area contributed by atoms with Gasteiger partial charge in [0.15, 0.2) is 0 Å². The monoisotopic (exact) mass is 255 g/mol. The molecule has 1 saturated carbocycles. The fourth-order valence-electron chi connectivity index (χ4n) is 2.35. The Morgan fingerprint density at radius 3 is 2.39 bits per heavy atom. The van der Waals surface area contributed by atoms with Crippen molar-refractivity contribution in [3.63, 3.8) is 0 Å².